The largest absolute Gasteiger partial charge is 0.483 e. The Morgan fingerprint density at radius 2 is 2.07 bits per heavy atom. The molecule has 0 saturated heterocycles. The van der Waals surface area contributed by atoms with Crippen LogP contribution in [0.15, 0.2) is 30.6 Å². The second-order valence-electron chi connectivity index (χ2n) is 7.01. The molecule has 1 aliphatic heterocycles. The van der Waals surface area contributed by atoms with Gasteiger partial charge >= 0.3 is 0 Å². The van der Waals surface area contributed by atoms with Crippen molar-refractivity contribution in [1.82, 2.24) is 29.5 Å². The van der Waals surface area contributed by atoms with Crippen LogP contribution in [0.1, 0.15) is 54.1 Å². The van der Waals surface area contributed by atoms with E-state index >= 15 is 0 Å². The molecule has 0 saturated carbocycles. The van der Waals surface area contributed by atoms with Gasteiger partial charge in [-0.1, -0.05) is 25.5 Å². The summed E-state index contributed by atoms with van der Waals surface area (Å²) in [4.78, 5) is 28.8. The lowest BCUT2D eigenvalue weighted by atomic mass is 9.99. The zero-order valence-electron chi connectivity index (χ0n) is 16.8. The fraction of sp³-hybridized carbons (Fsp3) is 0.400. The fourth-order valence-electron chi connectivity index (χ4n) is 3.48. The molecule has 2 aromatic heterocycles. The van der Waals surface area contributed by atoms with Gasteiger partial charge in [0.05, 0.1) is 6.54 Å². The van der Waals surface area contributed by atoms with Crippen LogP contribution in [0.5, 0.6) is 0 Å². The van der Waals surface area contributed by atoms with E-state index in [4.69, 9.17) is 25.7 Å². The second kappa shape index (κ2) is 9.77. The normalized spacial score (nSPS) is 15.0. The van der Waals surface area contributed by atoms with E-state index in [1.165, 1.54) is 0 Å². The third-order valence-corrected chi connectivity index (χ3v) is 5.02. The van der Waals surface area contributed by atoms with Gasteiger partial charge in [-0.3, -0.25) is 9.59 Å². The average Bonchev–Trinajstić information content (AvgIpc) is 3.39. The number of aryl methyl sites for hydroxylation is 2. The Morgan fingerprint density at radius 3 is 2.73 bits per heavy atom. The molecule has 10 heteroatoms. The molecule has 0 bridgehead atoms. The lowest BCUT2D eigenvalue weighted by molar-refractivity contribution is -0.122. The van der Waals surface area contributed by atoms with Crippen LogP contribution < -0.4 is 5.73 Å². The molecule has 4 rings (SSSR count). The van der Waals surface area contributed by atoms with Crippen LogP contribution in [0, 0.1) is 0 Å². The van der Waals surface area contributed by atoms with E-state index in [0.717, 1.165) is 56.0 Å². The van der Waals surface area contributed by atoms with E-state index < -0.39 is 5.91 Å². The summed E-state index contributed by atoms with van der Waals surface area (Å²) >= 11 is 0. The van der Waals surface area contributed by atoms with E-state index in [9.17, 15) is 4.79 Å². The predicted octanol–water partition coefficient (Wildman–Crippen LogP) is 1.87. The van der Waals surface area contributed by atoms with Crippen LogP contribution in [0.2, 0.25) is 0 Å². The molecule has 3 N–H and O–H groups in total. The van der Waals surface area contributed by atoms with E-state index in [0.29, 0.717) is 11.4 Å². The number of amides is 1. The molecule has 10 nitrogen and oxygen atoms in total. The van der Waals surface area contributed by atoms with Crippen LogP contribution in [0.4, 0.5) is 0 Å². The Kier molecular flexibility index (Phi) is 6.89. The number of fused-ring (bicyclic) bond motifs is 1. The SMILES string of the molecule is CCCCn1nc(-c2ccc(C(N)=O)cc2)nc1C1CCc2ncnn2C1.O=CO. The Hall–Kier alpha value is -3.56. The molecule has 1 unspecified atom stereocenters. The number of unbranched alkanes of at least 4 members (excludes halogenated alkanes) is 1. The molecule has 1 aromatic carbocycles. The molecule has 158 valence electrons. The van der Waals surface area contributed by atoms with E-state index in [-0.39, 0.29) is 12.4 Å². The minimum Gasteiger partial charge on any atom is -0.483 e. The highest BCUT2D eigenvalue weighted by Crippen LogP contribution is 2.28. The molecule has 1 aliphatic rings. The van der Waals surface area contributed by atoms with Gasteiger partial charge in [-0.2, -0.15) is 10.2 Å². The number of rotatable bonds is 6. The lowest BCUT2D eigenvalue weighted by Crippen LogP contribution is -2.23. The number of nitrogens with two attached hydrogens (primary N) is 1. The van der Waals surface area contributed by atoms with Gasteiger partial charge in [0.1, 0.15) is 18.0 Å². The fourth-order valence-corrected chi connectivity index (χ4v) is 3.48. The molecule has 3 aromatic rings. The number of aromatic nitrogens is 6. The topological polar surface area (TPSA) is 142 Å². The van der Waals surface area contributed by atoms with Crippen molar-refractivity contribution in [1.29, 1.82) is 0 Å². The Balaban J connectivity index is 0.000000806. The van der Waals surface area contributed by atoms with Gasteiger partial charge in [0, 0.05) is 30.0 Å². The molecule has 30 heavy (non-hydrogen) atoms. The van der Waals surface area contributed by atoms with Crippen LogP contribution in [0.25, 0.3) is 11.4 Å². The first-order valence-electron chi connectivity index (χ1n) is 9.86. The Morgan fingerprint density at radius 1 is 1.33 bits per heavy atom. The Bertz CT molecular complexity index is 994. The van der Waals surface area contributed by atoms with Crippen molar-refractivity contribution in [3.05, 3.63) is 47.8 Å². The number of hydrogen-bond acceptors (Lipinski definition) is 6. The summed E-state index contributed by atoms with van der Waals surface area (Å²) < 4.78 is 4.00. The maximum absolute atomic E-state index is 11.3. The zero-order valence-corrected chi connectivity index (χ0v) is 16.8. The van der Waals surface area contributed by atoms with Gasteiger partial charge < -0.3 is 10.8 Å². The highest BCUT2D eigenvalue weighted by atomic mass is 16.3. The monoisotopic (exact) mass is 411 g/mol. The highest BCUT2D eigenvalue weighted by molar-refractivity contribution is 5.93. The van der Waals surface area contributed by atoms with Gasteiger partial charge in [0.25, 0.3) is 6.47 Å². The smallest absolute Gasteiger partial charge is 0.290 e. The van der Waals surface area contributed by atoms with Crippen molar-refractivity contribution in [2.45, 2.75) is 51.6 Å². The minimum atomic E-state index is -0.436. The quantitative estimate of drug-likeness (QED) is 0.590. The van der Waals surface area contributed by atoms with Gasteiger partial charge in [0.15, 0.2) is 5.82 Å². The molecule has 1 amide bonds. The van der Waals surface area contributed by atoms with Crippen molar-refractivity contribution in [2.75, 3.05) is 0 Å². The number of benzene rings is 1. The van der Waals surface area contributed by atoms with Gasteiger partial charge in [-0.05, 0) is 25.0 Å². The molecule has 3 heterocycles. The molecule has 0 spiro atoms. The number of carbonyl (C=O) groups excluding carboxylic acids is 1. The van der Waals surface area contributed by atoms with E-state index in [2.05, 4.69) is 17.0 Å². The first kappa shape index (κ1) is 21.2. The molecule has 0 radical (unpaired) electrons. The number of primary amides is 1. The number of carbonyl (C=O) groups is 2. The van der Waals surface area contributed by atoms with Gasteiger partial charge in [0.2, 0.25) is 5.91 Å². The zero-order chi connectivity index (χ0) is 21.5. The molecule has 1 atom stereocenters. The summed E-state index contributed by atoms with van der Waals surface area (Å²) in [6.07, 6.45) is 5.65. The molecular weight excluding hydrogens is 386 g/mol. The number of carboxylic acid groups (broad SMARTS) is 1. The lowest BCUT2D eigenvalue weighted by Gasteiger charge is -2.22. The maximum atomic E-state index is 11.3. The summed E-state index contributed by atoms with van der Waals surface area (Å²) in [5, 5.41) is 16.0. The summed E-state index contributed by atoms with van der Waals surface area (Å²) in [5.74, 6) is 2.55. The number of nitrogens with zero attached hydrogens (tertiary/aromatic N) is 6. The summed E-state index contributed by atoms with van der Waals surface area (Å²) in [7, 11) is 0. The predicted molar refractivity (Wildman–Crippen MR) is 109 cm³/mol. The standard InChI is InChI=1S/C19H23N7O.CH2O2/c1-2-3-10-25-19(15-8-9-16-21-12-22-26(16)11-15)23-18(24-25)14-6-4-13(5-7-14)17(20)27;2-1-3/h4-7,12,15H,2-3,8-11H2,1H3,(H2,20,27);1H,(H,2,3). The van der Waals surface area contributed by atoms with Crippen molar-refractivity contribution in [3.63, 3.8) is 0 Å². The summed E-state index contributed by atoms with van der Waals surface area (Å²) in [6, 6.07) is 7.12. The van der Waals surface area contributed by atoms with Crippen molar-refractivity contribution in [3.8, 4) is 11.4 Å². The molecule has 0 aliphatic carbocycles. The first-order chi connectivity index (χ1) is 14.6. The van der Waals surface area contributed by atoms with Gasteiger partial charge in [-0.15, -0.1) is 0 Å². The maximum Gasteiger partial charge on any atom is 0.290 e. The van der Waals surface area contributed by atoms with Crippen LogP contribution in [-0.4, -0.2) is 47.0 Å². The minimum absolute atomic E-state index is 0.250. The first-order valence-corrected chi connectivity index (χ1v) is 9.86. The number of hydrogen-bond donors (Lipinski definition) is 2. The van der Waals surface area contributed by atoms with Crippen LogP contribution >= 0.6 is 0 Å². The van der Waals surface area contributed by atoms with Crippen molar-refractivity contribution >= 4 is 12.4 Å². The third kappa shape index (κ3) is 4.70. The van der Waals surface area contributed by atoms with E-state index in [1.54, 1.807) is 18.5 Å². The Labute approximate surface area is 173 Å². The van der Waals surface area contributed by atoms with E-state index in [1.807, 2.05) is 21.5 Å². The van der Waals surface area contributed by atoms with Crippen molar-refractivity contribution in [2.24, 2.45) is 5.73 Å². The average molecular weight is 411 g/mol. The van der Waals surface area contributed by atoms with Crippen molar-refractivity contribution < 1.29 is 14.7 Å². The highest BCUT2D eigenvalue weighted by Gasteiger charge is 2.26. The summed E-state index contributed by atoms with van der Waals surface area (Å²) in [6.45, 7) is 3.54. The molecular formula is C20H25N7O3. The molecule has 0 fully saturated rings. The van der Waals surface area contributed by atoms with Gasteiger partial charge in [-0.25, -0.2) is 19.3 Å². The second-order valence-corrected chi connectivity index (χ2v) is 7.01. The summed E-state index contributed by atoms with van der Waals surface area (Å²) in [5.41, 5.74) is 6.69. The van der Waals surface area contributed by atoms with Crippen LogP contribution in [0.3, 0.4) is 0 Å². The van der Waals surface area contributed by atoms with Crippen LogP contribution in [-0.2, 0) is 24.3 Å². The third-order valence-electron chi connectivity index (χ3n) is 5.02.